The second kappa shape index (κ2) is 31.7. The van der Waals surface area contributed by atoms with Crippen LogP contribution >= 0.6 is 0 Å². The van der Waals surface area contributed by atoms with E-state index in [1.165, 1.54) is 77.0 Å². The molecule has 0 aromatic carbocycles. The first-order valence-electron chi connectivity index (χ1n) is 17.0. The molecule has 0 aliphatic carbocycles. The van der Waals surface area contributed by atoms with Crippen LogP contribution in [0.25, 0.3) is 0 Å². The fourth-order valence-corrected chi connectivity index (χ4v) is 4.76. The van der Waals surface area contributed by atoms with E-state index in [1.807, 2.05) is 0 Å². The molecule has 1 unspecified atom stereocenters. The number of aliphatic carboxylic acids is 1. The molecule has 232 valence electrons. The molecule has 1 N–H and O–H groups in total. The van der Waals surface area contributed by atoms with Gasteiger partial charge in [-0.15, -0.1) is 0 Å². The molecule has 40 heavy (non-hydrogen) atoms. The Labute approximate surface area is 248 Å². The smallest absolute Gasteiger partial charge is 0.306 e. The molecule has 0 aromatic heterocycles. The van der Waals surface area contributed by atoms with Crippen molar-refractivity contribution in [2.24, 2.45) is 0 Å². The van der Waals surface area contributed by atoms with Gasteiger partial charge in [-0.05, 0) is 70.3 Å². The van der Waals surface area contributed by atoms with Crippen LogP contribution in [0.15, 0.2) is 36.5 Å². The fraction of sp³-hybridized carbons (Fsp3) is 0.778. The molecule has 0 aliphatic rings. The molecule has 0 fully saturated rings. The van der Waals surface area contributed by atoms with E-state index >= 15 is 0 Å². The summed E-state index contributed by atoms with van der Waals surface area (Å²) in [4.78, 5) is 23.0. The Kier molecular flexibility index (Phi) is 30.2. The molecule has 4 nitrogen and oxygen atoms in total. The Morgan fingerprint density at radius 1 is 0.575 bits per heavy atom. The summed E-state index contributed by atoms with van der Waals surface area (Å²) < 4.78 is 5.78. The highest BCUT2D eigenvalue weighted by Crippen LogP contribution is 2.15. The van der Waals surface area contributed by atoms with Crippen molar-refractivity contribution in [1.29, 1.82) is 0 Å². The quantitative estimate of drug-likeness (QED) is 0.0539. The first-order chi connectivity index (χ1) is 19.6. The van der Waals surface area contributed by atoms with Crippen molar-refractivity contribution in [3.63, 3.8) is 0 Å². The SMILES string of the molecule is CCCC/C=C\C(CCCCCCC(=O)O)OC(=O)CCCCCCCCCCC/C=C\C/C=C\CCCCC. The minimum Gasteiger partial charge on any atom is -0.481 e. The van der Waals surface area contributed by atoms with E-state index in [2.05, 4.69) is 50.3 Å². The van der Waals surface area contributed by atoms with Gasteiger partial charge in [0.25, 0.3) is 0 Å². The van der Waals surface area contributed by atoms with Crippen molar-refractivity contribution >= 4 is 11.9 Å². The summed E-state index contributed by atoms with van der Waals surface area (Å²) in [5, 5.41) is 8.75. The Balaban J connectivity index is 3.76. The average molecular weight is 561 g/mol. The van der Waals surface area contributed by atoms with Crippen LogP contribution in [-0.4, -0.2) is 23.1 Å². The first-order valence-corrected chi connectivity index (χ1v) is 17.0. The lowest BCUT2D eigenvalue weighted by atomic mass is 10.1. The zero-order chi connectivity index (χ0) is 29.4. The molecule has 0 aliphatic heterocycles. The van der Waals surface area contributed by atoms with Crippen LogP contribution < -0.4 is 0 Å². The lowest BCUT2D eigenvalue weighted by Gasteiger charge is -2.15. The number of hydrogen-bond acceptors (Lipinski definition) is 3. The number of hydrogen-bond donors (Lipinski definition) is 1. The van der Waals surface area contributed by atoms with Crippen molar-refractivity contribution in [2.75, 3.05) is 0 Å². The molecular weight excluding hydrogens is 496 g/mol. The van der Waals surface area contributed by atoms with Crippen molar-refractivity contribution in [3.8, 4) is 0 Å². The van der Waals surface area contributed by atoms with Crippen LogP contribution in [0.3, 0.4) is 0 Å². The highest BCUT2D eigenvalue weighted by molar-refractivity contribution is 5.69. The van der Waals surface area contributed by atoms with Crippen LogP contribution in [0.1, 0.15) is 174 Å². The molecular formula is C36H64O4. The van der Waals surface area contributed by atoms with E-state index in [-0.39, 0.29) is 18.5 Å². The van der Waals surface area contributed by atoms with Crippen LogP contribution in [0, 0.1) is 0 Å². The maximum Gasteiger partial charge on any atom is 0.306 e. The van der Waals surface area contributed by atoms with E-state index in [1.54, 1.807) is 0 Å². The first kappa shape index (κ1) is 38.2. The molecule has 0 bridgehead atoms. The normalized spacial score (nSPS) is 12.7. The predicted molar refractivity (Wildman–Crippen MR) is 172 cm³/mol. The number of ether oxygens (including phenoxy) is 1. The van der Waals surface area contributed by atoms with Gasteiger partial charge in [-0.25, -0.2) is 0 Å². The van der Waals surface area contributed by atoms with Gasteiger partial charge in [-0.2, -0.15) is 0 Å². The summed E-state index contributed by atoms with van der Waals surface area (Å²) >= 11 is 0. The van der Waals surface area contributed by atoms with Gasteiger partial charge in [0.2, 0.25) is 0 Å². The third-order valence-corrected chi connectivity index (χ3v) is 7.32. The number of carbonyl (C=O) groups is 2. The van der Waals surface area contributed by atoms with Gasteiger partial charge in [-0.1, -0.05) is 128 Å². The summed E-state index contributed by atoms with van der Waals surface area (Å²) in [7, 11) is 0. The number of allylic oxidation sites excluding steroid dienone is 5. The van der Waals surface area contributed by atoms with Gasteiger partial charge in [-0.3, -0.25) is 9.59 Å². The minimum absolute atomic E-state index is 0.0759. The zero-order valence-electron chi connectivity index (χ0n) is 26.4. The molecule has 1 atom stereocenters. The monoisotopic (exact) mass is 560 g/mol. The number of esters is 1. The molecule has 0 saturated carbocycles. The summed E-state index contributed by atoms with van der Waals surface area (Å²) in [6, 6.07) is 0. The van der Waals surface area contributed by atoms with Gasteiger partial charge >= 0.3 is 11.9 Å². The van der Waals surface area contributed by atoms with Crippen LogP contribution in [0.4, 0.5) is 0 Å². The number of rotatable bonds is 30. The molecule has 0 rings (SSSR count). The van der Waals surface area contributed by atoms with Gasteiger partial charge < -0.3 is 9.84 Å². The topological polar surface area (TPSA) is 63.6 Å². The number of carbonyl (C=O) groups excluding carboxylic acids is 1. The summed E-state index contributed by atoms with van der Waals surface area (Å²) in [6.45, 7) is 4.43. The third-order valence-electron chi connectivity index (χ3n) is 7.32. The Bertz CT molecular complexity index is 649. The van der Waals surface area contributed by atoms with Crippen molar-refractivity contribution in [3.05, 3.63) is 36.5 Å². The van der Waals surface area contributed by atoms with Crippen molar-refractivity contribution in [1.82, 2.24) is 0 Å². The lowest BCUT2D eigenvalue weighted by molar-refractivity contribution is -0.147. The van der Waals surface area contributed by atoms with Crippen LogP contribution in [0.2, 0.25) is 0 Å². The van der Waals surface area contributed by atoms with E-state index in [0.29, 0.717) is 6.42 Å². The largest absolute Gasteiger partial charge is 0.481 e. The van der Waals surface area contributed by atoms with E-state index in [9.17, 15) is 9.59 Å². The predicted octanol–water partition coefficient (Wildman–Crippen LogP) is 11.4. The molecule has 0 radical (unpaired) electrons. The van der Waals surface area contributed by atoms with E-state index in [4.69, 9.17) is 9.84 Å². The fourth-order valence-electron chi connectivity index (χ4n) is 4.76. The lowest BCUT2D eigenvalue weighted by Crippen LogP contribution is -2.16. The molecule has 0 amide bonds. The Morgan fingerprint density at radius 2 is 1.07 bits per heavy atom. The summed E-state index contributed by atoms with van der Waals surface area (Å²) in [6.07, 6.45) is 40.5. The third kappa shape index (κ3) is 30.7. The number of carboxylic acids is 1. The standard InChI is InChI=1S/C36H64O4/c1-3-5-7-9-10-11-12-13-14-15-16-17-18-19-20-21-22-23-29-33-36(39)40-34(30-26-8-6-4-2)31-27-24-25-28-32-35(37)38/h10-11,13-14,26,30,34H,3-9,12,15-25,27-29,31-33H2,1-2H3,(H,37,38)/b11-10-,14-13-,30-26-. The number of carboxylic acid groups (broad SMARTS) is 1. The van der Waals surface area contributed by atoms with Gasteiger partial charge in [0.15, 0.2) is 0 Å². The molecule has 0 heterocycles. The number of unbranched alkanes of at least 4 members (excludes halogenated alkanes) is 17. The van der Waals surface area contributed by atoms with Gasteiger partial charge in [0.1, 0.15) is 6.10 Å². The van der Waals surface area contributed by atoms with Crippen LogP contribution in [-0.2, 0) is 14.3 Å². The van der Waals surface area contributed by atoms with Crippen LogP contribution in [0.5, 0.6) is 0 Å². The van der Waals surface area contributed by atoms with Gasteiger partial charge in [0, 0.05) is 12.8 Å². The average Bonchev–Trinajstić information content (AvgIpc) is 2.93. The molecule has 0 aromatic rings. The maximum atomic E-state index is 12.4. The summed E-state index contributed by atoms with van der Waals surface area (Å²) in [5.74, 6) is -0.801. The minimum atomic E-state index is -0.725. The summed E-state index contributed by atoms with van der Waals surface area (Å²) in [5.41, 5.74) is 0. The van der Waals surface area contributed by atoms with Crippen molar-refractivity contribution < 1.29 is 19.4 Å². The Hall–Kier alpha value is -1.84. The molecule has 4 heteroatoms. The zero-order valence-corrected chi connectivity index (χ0v) is 26.4. The molecule has 0 spiro atoms. The highest BCUT2D eigenvalue weighted by Gasteiger charge is 2.11. The molecule has 0 saturated heterocycles. The highest BCUT2D eigenvalue weighted by atomic mass is 16.5. The second-order valence-corrected chi connectivity index (χ2v) is 11.3. The van der Waals surface area contributed by atoms with E-state index < -0.39 is 5.97 Å². The Morgan fingerprint density at radius 3 is 1.68 bits per heavy atom. The van der Waals surface area contributed by atoms with Crippen molar-refractivity contribution in [2.45, 2.75) is 180 Å². The van der Waals surface area contributed by atoms with E-state index in [0.717, 1.165) is 70.6 Å². The maximum absolute atomic E-state index is 12.4. The second-order valence-electron chi connectivity index (χ2n) is 11.3. The van der Waals surface area contributed by atoms with Gasteiger partial charge in [0.05, 0.1) is 0 Å².